The Balaban J connectivity index is 2.07. The lowest BCUT2D eigenvalue weighted by Gasteiger charge is -2.12. The molecule has 1 aromatic carbocycles. The van der Waals surface area contributed by atoms with Gasteiger partial charge < -0.3 is 0 Å². The summed E-state index contributed by atoms with van der Waals surface area (Å²) in [6, 6.07) is 8.91. The van der Waals surface area contributed by atoms with Gasteiger partial charge in [-0.3, -0.25) is 0 Å². The highest BCUT2D eigenvalue weighted by Crippen LogP contribution is 2.50. The van der Waals surface area contributed by atoms with Crippen LogP contribution in [0.4, 0.5) is 0 Å². The number of halogens is 1. The van der Waals surface area contributed by atoms with Gasteiger partial charge in [0.25, 0.3) is 0 Å². The van der Waals surface area contributed by atoms with Crippen molar-refractivity contribution in [3.05, 3.63) is 35.4 Å². The summed E-state index contributed by atoms with van der Waals surface area (Å²) in [5.74, 6) is 2.18. The maximum Gasteiger partial charge on any atom is 0.0616 e. The zero-order chi connectivity index (χ0) is 11.7. The summed E-state index contributed by atoms with van der Waals surface area (Å²) in [4.78, 5) is 0. The molecule has 1 saturated carbocycles. The molecule has 0 aromatic heterocycles. The lowest BCUT2D eigenvalue weighted by molar-refractivity contribution is 0.715. The molecule has 0 bridgehead atoms. The fourth-order valence-corrected chi connectivity index (χ4v) is 2.75. The molecular weight excluding hydrogens is 216 g/mol. The van der Waals surface area contributed by atoms with Crippen molar-refractivity contribution in [3.8, 4) is 0 Å². The third-order valence-corrected chi connectivity index (χ3v) is 4.56. The fraction of sp³-hybridized carbons (Fsp3) is 0.600. The zero-order valence-electron chi connectivity index (χ0n) is 10.4. The number of hydrogen-bond donors (Lipinski definition) is 0. The van der Waals surface area contributed by atoms with E-state index >= 15 is 0 Å². The van der Waals surface area contributed by atoms with Gasteiger partial charge in [0.15, 0.2) is 0 Å². The Labute approximate surface area is 104 Å². The Bertz CT molecular complexity index is 341. The van der Waals surface area contributed by atoms with E-state index in [4.69, 9.17) is 11.6 Å². The van der Waals surface area contributed by atoms with E-state index in [1.807, 2.05) is 0 Å². The summed E-state index contributed by atoms with van der Waals surface area (Å²) in [6.45, 7) is 6.79. The van der Waals surface area contributed by atoms with Gasteiger partial charge in [-0.2, -0.15) is 0 Å². The normalized spacial score (nSPS) is 27.5. The first kappa shape index (κ1) is 12.0. The maximum atomic E-state index is 6.46. The maximum absolute atomic E-state index is 6.46. The molecule has 0 spiro atoms. The SMILES string of the molecule is CCC(C)c1ccc(C(Cl)C2CC2C)cc1. The quantitative estimate of drug-likeness (QED) is 0.636. The van der Waals surface area contributed by atoms with Crippen molar-refractivity contribution in [2.75, 3.05) is 0 Å². The molecule has 1 aliphatic carbocycles. The van der Waals surface area contributed by atoms with Crippen LogP contribution in [0.25, 0.3) is 0 Å². The zero-order valence-corrected chi connectivity index (χ0v) is 11.2. The number of alkyl halides is 1. The van der Waals surface area contributed by atoms with E-state index in [0.29, 0.717) is 11.8 Å². The molecule has 1 aromatic rings. The number of benzene rings is 1. The van der Waals surface area contributed by atoms with Gasteiger partial charge in [0, 0.05) is 0 Å². The van der Waals surface area contributed by atoms with Crippen LogP contribution in [-0.4, -0.2) is 0 Å². The van der Waals surface area contributed by atoms with Gasteiger partial charge in [-0.1, -0.05) is 45.0 Å². The molecule has 4 atom stereocenters. The van der Waals surface area contributed by atoms with E-state index in [1.54, 1.807) is 0 Å². The second-order valence-electron chi connectivity index (χ2n) is 5.25. The van der Waals surface area contributed by atoms with E-state index in [0.717, 1.165) is 5.92 Å². The molecule has 0 nitrogen and oxygen atoms in total. The predicted molar refractivity (Wildman–Crippen MR) is 71.0 cm³/mol. The van der Waals surface area contributed by atoms with E-state index < -0.39 is 0 Å². The van der Waals surface area contributed by atoms with Crippen molar-refractivity contribution in [1.29, 1.82) is 0 Å². The average molecular weight is 237 g/mol. The molecule has 0 heterocycles. The smallest absolute Gasteiger partial charge is 0.0616 e. The molecule has 88 valence electrons. The molecule has 16 heavy (non-hydrogen) atoms. The van der Waals surface area contributed by atoms with Gasteiger partial charge in [0.05, 0.1) is 5.38 Å². The van der Waals surface area contributed by atoms with Crippen molar-refractivity contribution >= 4 is 11.6 Å². The van der Waals surface area contributed by atoms with Crippen molar-refractivity contribution in [1.82, 2.24) is 0 Å². The minimum atomic E-state index is 0.223. The number of hydrogen-bond acceptors (Lipinski definition) is 0. The van der Waals surface area contributed by atoms with Gasteiger partial charge in [-0.05, 0) is 41.7 Å². The van der Waals surface area contributed by atoms with Gasteiger partial charge in [-0.15, -0.1) is 11.6 Å². The Kier molecular flexibility index (Phi) is 3.59. The summed E-state index contributed by atoms with van der Waals surface area (Å²) in [7, 11) is 0. The van der Waals surface area contributed by atoms with E-state index in [9.17, 15) is 0 Å². The van der Waals surface area contributed by atoms with Crippen LogP contribution in [0.5, 0.6) is 0 Å². The van der Waals surface area contributed by atoms with Crippen LogP contribution < -0.4 is 0 Å². The molecule has 1 fully saturated rings. The Morgan fingerprint density at radius 1 is 1.25 bits per heavy atom. The lowest BCUT2D eigenvalue weighted by Crippen LogP contribution is -1.96. The molecule has 1 aliphatic rings. The highest BCUT2D eigenvalue weighted by atomic mass is 35.5. The van der Waals surface area contributed by atoms with E-state index in [1.165, 1.54) is 24.0 Å². The standard InChI is InChI=1S/C15H21Cl/c1-4-10(2)12-5-7-13(8-6-12)15(16)14-9-11(14)3/h5-8,10-11,14-15H,4,9H2,1-3H3. The molecule has 2 rings (SSSR count). The highest BCUT2D eigenvalue weighted by molar-refractivity contribution is 6.21. The molecule has 0 saturated heterocycles. The summed E-state index contributed by atoms with van der Waals surface area (Å²) in [5.41, 5.74) is 2.72. The topological polar surface area (TPSA) is 0 Å². The minimum Gasteiger partial charge on any atom is -0.118 e. The second kappa shape index (κ2) is 4.79. The van der Waals surface area contributed by atoms with Crippen molar-refractivity contribution in [2.45, 2.75) is 44.9 Å². The summed E-state index contributed by atoms with van der Waals surface area (Å²) in [5, 5.41) is 0.223. The monoisotopic (exact) mass is 236 g/mol. The molecule has 0 aliphatic heterocycles. The lowest BCUT2D eigenvalue weighted by atomic mass is 9.96. The van der Waals surface area contributed by atoms with Crippen LogP contribution in [0.1, 0.15) is 56.0 Å². The van der Waals surface area contributed by atoms with Gasteiger partial charge >= 0.3 is 0 Å². The molecule has 0 N–H and O–H groups in total. The molecule has 1 heteroatoms. The van der Waals surface area contributed by atoms with Crippen LogP contribution in [0.15, 0.2) is 24.3 Å². The first-order chi connectivity index (χ1) is 7.63. The van der Waals surface area contributed by atoms with Crippen LogP contribution >= 0.6 is 11.6 Å². The van der Waals surface area contributed by atoms with Crippen LogP contribution in [0.3, 0.4) is 0 Å². The van der Waals surface area contributed by atoms with Crippen LogP contribution in [0, 0.1) is 11.8 Å². The fourth-order valence-electron chi connectivity index (χ4n) is 2.25. The van der Waals surface area contributed by atoms with Crippen molar-refractivity contribution in [3.63, 3.8) is 0 Å². The Morgan fingerprint density at radius 3 is 2.19 bits per heavy atom. The third kappa shape index (κ3) is 2.43. The third-order valence-electron chi connectivity index (χ3n) is 3.98. The van der Waals surface area contributed by atoms with Gasteiger partial charge in [0.1, 0.15) is 0 Å². The molecule has 0 radical (unpaired) electrons. The first-order valence-electron chi connectivity index (χ1n) is 6.37. The molecule has 0 amide bonds. The van der Waals surface area contributed by atoms with Gasteiger partial charge in [0.2, 0.25) is 0 Å². The molecular formula is C15H21Cl. The van der Waals surface area contributed by atoms with Crippen molar-refractivity contribution in [2.24, 2.45) is 11.8 Å². The first-order valence-corrected chi connectivity index (χ1v) is 6.81. The minimum absolute atomic E-state index is 0.223. The van der Waals surface area contributed by atoms with Crippen molar-refractivity contribution < 1.29 is 0 Å². The van der Waals surface area contributed by atoms with E-state index in [-0.39, 0.29) is 5.38 Å². The largest absolute Gasteiger partial charge is 0.118 e. The number of rotatable bonds is 4. The summed E-state index contributed by atoms with van der Waals surface area (Å²) >= 11 is 6.46. The van der Waals surface area contributed by atoms with Crippen LogP contribution in [0.2, 0.25) is 0 Å². The molecule has 4 unspecified atom stereocenters. The van der Waals surface area contributed by atoms with Crippen LogP contribution in [-0.2, 0) is 0 Å². The van der Waals surface area contributed by atoms with E-state index in [2.05, 4.69) is 45.0 Å². The Hall–Kier alpha value is -0.490. The van der Waals surface area contributed by atoms with Gasteiger partial charge in [-0.25, -0.2) is 0 Å². The predicted octanol–water partition coefficient (Wildman–Crippen LogP) is 5.14. The summed E-state index contributed by atoms with van der Waals surface area (Å²) in [6.07, 6.45) is 2.49. The summed E-state index contributed by atoms with van der Waals surface area (Å²) < 4.78 is 0. The Morgan fingerprint density at radius 2 is 1.75 bits per heavy atom. The highest BCUT2D eigenvalue weighted by Gasteiger charge is 2.39. The average Bonchev–Trinajstić information content (AvgIpc) is 3.04. The second-order valence-corrected chi connectivity index (χ2v) is 5.72.